The Kier molecular flexibility index (Phi) is 9.57. The fourth-order valence-electron chi connectivity index (χ4n) is 3.23. The molecule has 0 unspecified atom stereocenters. The van der Waals surface area contributed by atoms with Gasteiger partial charge in [0.25, 0.3) is 0 Å². The van der Waals surface area contributed by atoms with Crippen LogP contribution < -0.4 is 4.90 Å². The number of amides is 1. The molecule has 1 aliphatic rings. The second-order valence-electron chi connectivity index (χ2n) is 6.39. The number of nitrogens with zero attached hydrogens (tertiary/aromatic N) is 1. The Bertz CT molecular complexity index is 544. The lowest BCUT2D eigenvalue weighted by atomic mass is 9.97. The lowest BCUT2D eigenvalue weighted by Gasteiger charge is -2.29. The largest absolute Gasteiger partial charge is 0.309 e. The van der Waals surface area contributed by atoms with Gasteiger partial charge >= 0.3 is 0 Å². The highest BCUT2D eigenvalue weighted by molar-refractivity contribution is 8.17. The van der Waals surface area contributed by atoms with Gasteiger partial charge in [0.1, 0.15) is 5.88 Å². The predicted molar refractivity (Wildman–Crippen MR) is 115 cm³/mol. The molecule has 0 aliphatic carbocycles. The van der Waals surface area contributed by atoms with E-state index in [9.17, 15) is 4.79 Å². The summed E-state index contributed by atoms with van der Waals surface area (Å²) < 4.78 is 0.443. The second kappa shape index (κ2) is 11.4. The molecule has 1 heterocycles. The number of halogens is 1. The molecule has 140 valence electrons. The molecular weight excluding hydrogens is 370 g/mol. The van der Waals surface area contributed by atoms with Gasteiger partial charge in [-0.05, 0) is 60.8 Å². The number of benzene rings is 1. The SMILES string of the molecule is CCCCc1cccc(N(CC2SCCCCS2)C(=O)CCl)c1CC. The Morgan fingerprint density at radius 3 is 2.56 bits per heavy atom. The van der Waals surface area contributed by atoms with E-state index >= 15 is 0 Å². The molecule has 0 radical (unpaired) electrons. The molecule has 0 N–H and O–H groups in total. The lowest BCUT2D eigenvalue weighted by molar-refractivity contribution is -0.116. The summed E-state index contributed by atoms with van der Waals surface area (Å²) in [5.41, 5.74) is 3.78. The third kappa shape index (κ3) is 6.11. The highest BCUT2D eigenvalue weighted by Gasteiger charge is 2.24. The summed E-state index contributed by atoms with van der Waals surface area (Å²) in [5, 5.41) is 0. The summed E-state index contributed by atoms with van der Waals surface area (Å²) >= 11 is 9.95. The Morgan fingerprint density at radius 1 is 1.24 bits per heavy atom. The normalized spacial score (nSPS) is 15.8. The first-order chi connectivity index (χ1) is 12.2. The molecule has 0 saturated carbocycles. The van der Waals surface area contributed by atoms with Gasteiger partial charge in [-0.3, -0.25) is 4.79 Å². The topological polar surface area (TPSA) is 20.3 Å². The number of aryl methyl sites for hydroxylation is 1. The van der Waals surface area contributed by atoms with E-state index in [0.29, 0.717) is 4.58 Å². The van der Waals surface area contributed by atoms with E-state index in [1.165, 1.54) is 48.3 Å². The van der Waals surface area contributed by atoms with E-state index in [2.05, 4.69) is 32.0 Å². The van der Waals surface area contributed by atoms with Crippen LogP contribution in [-0.2, 0) is 17.6 Å². The van der Waals surface area contributed by atoms with Crippen LogP contribution in [0.25, 0.3) is 0 Å². The van der Waals surface area contributed by atoms with Crippen molar-refractivity contribution in [2.24, 2.45) is 0 Å². The number of thioether (sulfide) groups is 2. The smallest absolute Gasteiger partial charge is 0.241 e. The van der Waals surface area contributed by atoms with Crippen LogP contribution in [0.15, 0.2) is 18.2 Å². The molecule has 2 rings (SSSR count). The molecule has 0 bridgehead atoms. The molecule has 1 aromatic carbocycles. The molecule has 1 aromatic rings. The highest BCUT2D eigenvalue weighted by Crippen LogP contribution is 2.33. The molecule has 0 spiro atoms. The molecule has 1 amide bonds. The summed E-state index contributed by atoms with van der Waals surface area (Å²) in [7, 11) is 0. The first-order valence-corrected chi connectivity index (χ1v) is 12.0. The van der Waals surface area contributed by atoms with E-state index in [1.54, 1.807) is 0 Å². The summed E-state index contributed by atoms with van der Waals surface area (Å²) in [4.78, 5) is 14.6. The van der Waals surface area contributed by atoms with Gasteiger partial charge in [0.05, 0.1) is 4.58 Å². The number of hydrogen-bond acceptors (Lipinski definition) is 3. The van der Waals surface area contributed by atoms with Crippen molar-refractivity contribution in [3.63, 3.8) is 0 Å². The van der Waals surface area contributed by atoms with Crippen LogP contribution in [0.4, 0.5) is 5.69 Å². The van der Waals surface area contributed by atoms with E-state index in [4.69, 9.17) is 11.6 Å². The van der Waals surface area contributed by atoms with E-state index in [0.717, 1.165) is 25.1 Å². The van der Waals surface area contributed by atoms with Crippen molar-refractivity contribution in [1.82, 2.24) is 0 Å². The molecule has 1 fully saturated rings. The van der Waals surface area contributed by atoms with Crippen molar-refractivity contribution in [3.8, 4) is 0 Å². The van der Waals surface area contributed by atoms with Gasteiger partial charge < -0.3 is 4.90 Å². The molecule has 0 atom stereocenters. The van der Waals surface area contributed by atoms with Crippen molar-refractivity contribution < 1.29 is 4.79 Å². The number of hydrogen-bond donors (Lipinski definition) is 0. The monoisotopic (exact) mass is 399 g/mol. The average molecular weight is 400 g/mol. The van der Waals surface area contributed by atoms with E-state index < -0.39 is 0 Å². The maximum atomic E-state index is 12.6. The molecule has 0 aromatic heterocycles. The zero-order valence-corrected chi connectivity index (χ0v) is 17.8. The summed E-state index contributed by atoms with van der Waals surface area (Å²) in [5.74, 6) is 2.45. The number of alkyl halides is 1. The Balaban J connectivity index is 2.28. The van der Waals surface area contributed by atoms with Crippen molar-refractivity contribution in [3.05, 3.63) is 29.3 Å². The quantitative estimate of drug-likeness (QED) is 0.519. The van der Waals surface area contributed by atoms with Crippen molar-refractivity contribution in [1.29, 1.82) is 0 Å². The van der Waals surface area contributed by atoms with Gasteiger partial charge in [0.2, 0.25) is 5.91 Å². The molecule has 2 nitrogen and oxygen atoms in total. The van der Waals surface area contributed by atoms with Crippen LogP contribution in [-0.4, -0.2) is 34.4 Å². The zero-order chi connectivity index (χ0) is 18.1. The number of carbonyl (C=O) groups excluding carboxylic acids is 1. The molecule has 1 aliphatic heterocycles. The highest BCUT2D eigenvalue weighted by atomic mass is 35.5. The summed E-state index contributed by atoms with van der Waals surface area (Å²) in [6.45, 7) is 5.16. The number of anilines is 1. The minimum Gasteiger partial charge on any atom is -0.309 e. The van der Waals surface area contributed by atoms with Crippen molar-refractivity contribution >= 4 is 46.7 Å². The maximum Gasteiger partial charge on any atom is 0.241 e. The Hall–Kier alpha value is -0.320. The number of unbranched alkanes of at least 4 members (excludes halogenated alkanes) is 1. The lowest BCUT2D eigenvalue weighted by Crippen LogP contribution is -2.37. The summed E-state index contributed by atoms with van der Waals surface area (Å²) in [6, 6.07) is 6.42. The van der Waals surface area contributed by atoms with Crippen LogP contribution >= 0.6 is 35.1 Å². The zero-order valence-electron chi connectivity index (χ0n) is 15.4. The fourth-order valence-corrected chi connectivity index (χ4v) is 6.11. The third-order valence-electron chi connectivity index (χ3n) is 4.59. The van der Waals surface area contributed by atoms with Crippen molar-refractivity contribution in [2.45, 2.75) is 57.0 Å². The van der Waals surface area contributed by atoms with Crippen LogP contribution in [0.1, 0.15) is 50.7 Å². The van der Waals surface area contributed by atoms with E-state index in [-0.39, 0.29) is 11.8 Å². The van der Waals surface area contributed by atoms with Crippen molar-refractivity contribution in [2.75, 3.05) is 28.8 Å². The van der Waals surface area contributed by atoms with Crippen LogP contribution in [0.3, 0.4) is 0 Å². The molecule has 1 saturated heterocycles. The minimum absolute atomic E-state index is 0.0226. The van der Waals surface area contributed by atoms with Gasteiger partial charge in [-0.15, -0.1) is 35.1 Å². The first-order valence-electron chi connectivity index (χ1n) is 9.41. The number of rotatable bonds is 8. The molecule has 25 heavy (non-hydrogen) atoms. The second-order valence-corrected chi connectivity index (χ2v) is 9.58. The molecular formula is C20H30ClNOS2. The maximum absolute atomic E-state index is 12.6. The predicted octanol–water partition coefficient (Wildman–Crippen LogP) is 5.75. The van der Waals surface area contributed by atoms with E-state index in [1.807, 2.05) is 28.4 Å². The minimum atomic E-state index is 0.0226. The Morgan fingerprint density at radius 2 is 1.96 bits per heavy atom. The van der Waals surface area contributed by atoms with Gasteiger partial charge in [-0.2, -0.15) is 0 Å². The number of carbonyl (C=O) groups is 1. The fraction of sp³-hybridized carbons (Fsp3) is 0.650. The van der Waals surface area contributed by atoms with Gasteiger partial charge in [0.15, 0.2) is 0 Å². The van der Waals surface area contributed by atoms with Gasteiger partial charge in [-0.25, -0.2) is 0 Å². The van der Waals surface area contributed by atoms with Crippen LogP contribution in [0.2, 0.25) is 0 Å². The first kappa shape index (κ1) is 21.0. The molecule has 5 heteroatoms. The Labute approximate surface area is 166 Å². The van der Waals surface area contributed by atoms with Gasteiger partial charge in [-0.1, -0.05) is 32.4 Å². The average Bonchev–Trinajstić information content (AvgIpc) is 2.92. The van der Waals surface area contributed by atoms with Crippen LogP contribution in [0, 0.1) is 0 Å². The third-order valence-corrected chi connectivity index (χ3v) is 7.72. The summed E-state index contributed by atoms with van der Waals surface area (Å²) in [6.07, 6.45) is 6.98. The van der Waals surface area contributed by atoms with Crippen LogP contribution in [0.5, 0.6) is 0 Å². The van der Waals surface area contributed by atoms with Gasteiger partial charge in [0, 0.05) is 12.2 Å². The standard InChI is InChI=1S/C20H30ClNOS2/c1-3-5-9-16-10-8-11-18(17(16)4-2)22(19(23)14-21)15-20-24-12-6-7-13-25-20/h8,10-11,20H,3-7,9,12-15H2,1-2H3.